The van der Waals surface area contributed by atoms with E-state index in [9.17, 15) is 19.5 Å². The van der Waals surface area contributed by atoms with Gasteiger partial charge < -0.3 is 15.0 Å². The summed E-state index contributed by atoms with van der Waals surface area (Å²) in [4.78, 5) is 39.0. The van der Waals surface area contributed by atoms with Crippen molar-refractivity contribution < 1.29 is 14.7 Å². The molecule has 21 heavy (non-hydrogen) atoms. The zero-order valence-corrected chi connectivity index (χ0v) is 12.3. The number of aromatic amines is 1. The highest BCUT2D eigenvalue weighted by molar-refractivity contribution is 5.94. The van der Waals surface area contributed by atoms with E-state index in [2.05, 4.69) is 4.98 Å². The lowest BCUT2D eigenvalue weighted by molar-refractivity contribution is -0.151. The highest BCUT2D eigenvalue weighted by Gasteiger charge is 2.40. The number of nitrogens with one attached hydrogen (secondary N) is 1. The Labute approximate surface area is 122 Å². The molecule has 6 nitrogen and oxygen atoms in total. The fraction of sp³-hybridized carbons (Fsp3) is 0.533. The van der Waals surface area contributed by atoms with E-state index in [0.29, 0.717) is 18.7 Å². The Balaban J connectivity index is 2.14. The lowest BCUT2D eigenvalue weighted by atomic mass is 9.74. The van der Waals surface area contributed by atoms with E-state index in [-0.39, 0.29) is 17.4 Å². The molecule has 0 radical (unpaired) electrons. The summed E-state index contributed by atoms with van der Waals surface area (Å²) in [5.74, 6) is -1.08. The van der Waals surface area contributed by atoms with Crippen LogP contribution >= 0.6 is 0 Å². The zero-order chi connectivity index (χ0) is 15.6. The number of hydrogen-bond acceptors (Lipinski definition) is 3. The Hall–Kier alpha value is -2.11. The highest BCUT2D eigenvalue weighted by atomic mass is 16.4. The number of aliphatic carboxylic acids is 1. The van der Waals surface area contributed by atoms with E-state index in [4.69, 9.17) is 0 Å². The average molecular weight is 292 g/mol. The molecule has 1 atom stereocenters. The second kappa shape index (κ2) is 5.71. The average Bonchev–Trinajstić information content (AvgIpc) is 2.47. The third kappa shape index (κ3) is 3.15. The summed E-state index contributed by atoms with van der Waals surface area (Å²) >= 11 is 0. The van der Waals surface area contributed by atoms with Crippen LogP contribution in [-0.4, -0.2) is 40.0 Å². The quantitative estimate of drug-likeness (QED) is 0.879. The van der Waals surface area contributed by atoms with E-state index >= 15 is 0 Å². The number of aromatic nitrogens is 1. The molecule has 0 aromatic carbocycles. The molecule has 1 aliphatic heterocycles. The molecule has 2 heterocycles. The van der Waals surface area contributed by atoms with Gasteiger partial charge in [0, 0.05) is 25.4 Å². The van der Waals surface area contributed by atoms with Crippen LogP contribution in [0.4, 0.5) is 0 Å². The Morgan fingerprint density at radius 2 is 2.10 bits per heavy atom. The van der Waals surface area contributed by atoms with Gasteiger partial charge in [-0.05, 0) is 38.7 Å². The largest absolute Gasteiger partial charge is 0.481 e. The fourth-order valence-corrected chi connectivity index (χ4v) is 2.65. The molecule has 1 aromatic heterocycles. The molecule has 2 rings (SSSR count). The van der Waals surface area contributed by atoms with Crippen LogP contribution in [0.1, 0.15) is 37.0 Å². The molecule has 114 valence electrons. The lowest BCUT2D eigenvalue weighted by Crippen LogP contribution is -2.46. The van der Waals surface area contributed by atoms with Crippen LogP contribution in [0, 0.1) is 11.3 Å². The molecule has 0 spiro atoms. The smallest absolute Gasteiger partial charge is 0.309 e. The first-order valence-electron chi connectivity index (χ1n) is 7.04. The van der Waals surface area contributed by atoms with Crippen LogP contribution in [0.2, 0.25) is 0 Å². The summed E-state index contributed by atoms with van der Waals surface area (Å²) in [6.45, 7) is 4.45. The molecule has 0 bridgehead atoms. The van der Waals surface area contributed by atoms with Gasteiger partial charge in [-0.3, -0.25) is 14.4 Å². The number of rotatable bonds is 3. The molecular formula is C15H20N2O4. The van der Waals surface area contributed by atoms with Crippen molar-refractivity contribution >= 4 is 11.9 Å². The molecule has 6 heteroatoms. The third-order valence-corrected chi connectivity index (χ3v) is 4.31. The van der Waals surface area contributed by atoms with Crippen LogP contribution in [0.15, 0.2) is 23.1 Å². The van der Waals surface area contributed by atoms with Gasteiger partial charge in [-0.2, -0.15) is 0 Å². The minimum absolute atomic E-state index is 0.0736. The Kier molecular flexibility index (Phi) is 4.16. The first-order chi connectivity index (χ1) is 9.82. The summed E-state index contributed by atoms with van der Waals surface area (Å²) in [6.07, 6.45) is 2.99. The third-order valence-electron chi connectivity index (χ3n) is 4.31. The predicted molar refractivity (Wildman–Crippen MR) is 77.1 cm³/mol. The molecule has 1 saturated heterocycles. The number of likely N-dealkylation sites (tertiary alicyclic amines) is 1. The van der Waals surface area contributed by atoms with Gasteiger partial charge in [-0.15, -0.1) is 0 Å². The SMILES string of the molecule is CC(C)(C(=O)O)C1CCCN(C(=O)c2ccc(=O)[nH]c2)C1. The maximum atomic E-state index is 12.4. The number of carboxylic acids is 1. The normalized spacial score (nSPS) is 19.3. The van der Waals surface area contributed by atoms with Gasteiger partial charge in [0.25, 0.3) is 5.91 Å². The maximum absolute atomic E-state index is 12.4. The summed E-state index contributed by atoms with van der Waals surface area (Å²) < 4.78 is 0. The number of pyridine rings is 1. The number of carbonyl (C=O) groups excluding carboxylic acids is 1. The molecule has 1 aliphatic rings. The fourth-order valence-electron chi connectivity index (χ4n) is 2.65. The molecule has 0 saturated carbocycles. The Morgan fingerprint density at radius 1 is 1.38 bits per heavy atom. The van der Waals surface area contributed by atoms with Crippen LogP contribution in [0.25, 0.3) is 0 Å². The Bertz CT molecular complexity index is 585. The maximum Gasteiger partial charge on any atom is 0.309 e. The van der Waals surface area contributed by atoms with Crippen LogP contribution in [0.3, 0.4) is 0 Å². The van der Waals surface area contributed by atoms with Crippen LogP contribution in [0.5, 0.6) is 0 Å². The van der Waals surface area contributed by atoms with E-state index in [1.807, 2.05) is 0 Å². The van der Waals surface area contributed by atoms with Gasteiger partial charge in [0.05, 0.1) is 11.0 Å². The van der Waals surface area contributed by atoms with Crippen molar-refractivity contribution in [1.82, 2.24) is 9.88 Å². The van der Waals surface area contributed by atoms with E-state index in [1.54, 1.807) is 18.7 Å². The molecular weight excluding hydrogens is 272 g/mol. The second-order valence-corrected chi connectivity index (χ2v) is 6.06. The first kappa shape index (κ1) is 15.3. The summed E-state index contributed by atoms with van der Waals surface area (Å²) in [5, 5.41) is 9.32. The number of carboxylic acid groups (broad SMARTS) is 1. The zero-order valence-electron chi connectivity index (χ0n) is 12.3. The van der Waals surface area contributed by atoms with Crippen molar-refractivity contribution in [1.29, 1.82) is 0 Å². The van der Waals surface area contributed by atoms with E-state index < -0.39 is 11.4 Å². The molecule has 0 aliphatic carbocycles. The van der Waals surface area contributed by atoms with Gasteiger partial charge in [0.2, 0.25) is 5.56 Å². The van der Waals surface area contributed by atoms with Crippen molar-refractivity contribution in [2.45, 2.75) is 26.7 Å². The summed E-state index contributed by atoms with van der Waals surface area (Å²) in [7, 11) is 0. The number of H-pyrrole nitrogens is 1. The van der Waals surface area contributed by atoms with Crippen molar-refractivity contribution in [2.24, 2.45) is 11.3 Å². The lowest BCUT2D eigenvalue weighted by Gasteiger charge is -2.39. The number of amides is 1. The minimum Gasteiger partial charge on any atom is -0.481 e. The molecule has 1 unspecified atom stereocenters. The highest BCUT2D eigenvalue weighted by Crippen LogP contribution is 2.34. The van der Waals surface area contributed by atoms with Gasteiger partial charge in [-0.1, -0.05) is 0 Å². The standard InChI is InChI=1S/C15H20N2O4/c1-15(2,14(20)21)11-4-3-7-17(9-11)13(19)10-5-6-12(18)16-8-10/h5-6,8,11H,3-4,7,9H2,1-2H3,(H,16,18)(H,20,21). The van der Waals surface area contributed by atoms with Gasteiger partial charge >= 0.3 is 5.97 Å². The summed E-state index contributed by atoms with van der Waals surface area (Å²) in [6, 6.07) is 2.81. The van der Waals surface area contributed by atoms with Crippen LogP contribution < -0.4 is 5.56 Å². The monoisotopic (exact) mass is 292 g/mol. The summed E-state index contributed by atoms with van der Waals surface area (Å²) in [5.41, 5.74) is -0.692. The van der Waals surface area contributed by atoms with Crippen molar-refractivity contribution in [3.05, 3.63) is 34.2 Å². The predicted octanol–water partition coefficient (Wildman–Crippen LogP) is 1.34. The Morgan fingerprint density at radius 3 is 2.67 bits per heavy atom. The van der Waals surface area contributed by atoms with Gasteiger partial charge in [0.15, 0.2) is 0 Å². The number of piperidine rings is 1. The molecule has 1 fully saturated rings. The second-order valence-electron chi connectivity index (χ2n) is 6.06. The number of nitrogens with zero attached hydrogens (tertiary/aromatic N) is 1. The topological polar surface area (TPSA) is 90.5 Å². The van der Waals surface area contributed by atoms with E-state index in [0.717, 1.165) is 12.8 Å². The van der Waals surface area contributed by atoms with Crippen molar-refractivity contribution in [3.8, 4) is 0 Å². The molecule has 2 N–H and O–H groups in total. The van der Waals surface area contributed by atoms with Gasteiger partial charge in [-0.25, -0.2) is 0 Å². The molecule has 1 aromatic rings. The van der Waals surface area contributed by atoms with Crippen molar-refractivity contribution in [2.75, 3.05) is 13.1 Å². The first-order valence-corrected chi connectivity index (χ1v) is 7.04. The van der Waals surface area contributed by atoms with Gasteiger partial charge in [0.1, 0.15) is 0 Å². The molecule has 1 amide bonds. The minimum atomic E-state index is -0.857. The van der Waals surface area contributed by atoms with Crippen LogP contribution in [-0.2, 0) is 4.79 Å². The number of carbonyl (C=O) groups is 2. The number of hydrogen-bond donors (Lipinski definition) is 2. The van der Waals surface area contributed by atoms with E-state index in [1.165, 1.54) is 18.3 Å². The van der Waals surface area contributed by atoms with Crippen molar-refractivity contribution in [3.63, 3.8) is 0 Å².